The van der Waals surface area contributed by atoms with Crippen LogP contribution in [0, 0.1) is 17.7 Å². The largest absolute Gasteiger partial charge is 0.352 e. The summed E-state index contributed by atoms with van der Waals surface area (Å²) in [6.07, 6.45) is 2.18. The Bertz CT molecular complexity index is 811. The van der Waals surface area contributed by atoms with Crippen molar-refractivity contribution in [1.29, 1.82) is 0 Å². The Morgan fingerprint density at radius 2 is 1.79 bits per heavy atom. The van der Waals surface area contributed by atoms with Crippen LogP contribution >= 0.6 is 0 Å². The Labute approximate surface area is 171 Å². The monoisotopic (exact) mass is 397 g/mol. The molecule has 3 amide bonds. The van der Waals surface area contributed by atoms with Crippen LogP contribution < -0.4 is 10.6 Å². The van der Waals surface area contributed by atoms with E-state index in [0.717, 1.165) is 24.1 Å². The molecule has 0 radical (unpaired) electrons. The molecular formula is C23H28FN3O2. The van der Waals surface area contributed by atoms with Gasteiger partial charge >= 0.3 is 6.03 Å². The van der Waals surface area contributed by atoms with Crippen LogP contribution in [0.15, 0.2) is 54.6 Å². The van der Waals surface area contributed by atoms with E-state index in [1.54, 1.807) is 12.1 Å². The molecule has 0 aliphatic carbocycles. The van der Waals surface area contributed by atoms with Crippen molar-refractivity contribution in [2.45, 2.75) is 32.7 Å². The van der Waals surface area contributed by atoms with Crippen LogP contribution in [-0.4, -0.2) is 29.9 Å². The summed E-state index contributed by atoms with van der Waals surface area (Å²) in [5, 5.41) is 5.86. The van der Waals surface area contributed by atoms with Gasteiger partial charge in [-0.1, -0.05) is 43.7 Å². The predicted molar refractivity (Wildman–Crippen MR) is 112 cm³/mol. The summed E-state index contributed by atoms with van der Waals surface area (Å²) in [7, 11) is 0. The summed E-state index contributed by atoms with van der Waals surface area (Å²) in [5.41, 5.74) is 1.66. The third kappa shape index (κ3) is 6.04. The highest BCUT2D eigenvalue weighted by atomic mass is 19.1. The second-order valence-electron chi connectivity index (χ2n) is 7.57. The van der Waals surface area contributed by atoms with Gasteiger partial charge in [0.25, 0.3) is 0 Å². The van der Waals surface area contributed by atoms with Crippen molar-refractivity contribution in [1.82, 2.24) is 10.2 Å². The number of nitrogens with one attached hydrogen (secondary N) is 2. The maximum absolute atomic E-state index is 13.0. The lowest BCUT2D eigenvalue weighted by molar-refractivity contribution is -0.123. The zero-order valence-electron chi connectivity index (χ0n) is 16.7. The van der Waals surface area contributed by atoms with Crippen LogP contribution in [0.25, 0.3) is 0 Å². The standard InChI is InChI=1S/C23H28FN3O2/c1-2-18-16-27(23(29)26-21-6-4-3-5-7-21)13-12-19(18)14-22(28)25-15-17-8-10-20(24)11-9-17/h3-11,18-19H,2,12-16H2,1H3,(H,25,28)(H,26,29)/t18-,19+/m1/s1. The molecule has 0 unspecified atom stereocenters. The minimum absolute atomic E-state index is 0.0000351. The zero-order valence-corrected chi connectivity index (χ0v) is 16.7. The van der Waals surface area contributed by atoms with E-state index in [9.17, 15) is 14.0 Å². The van der Waals surface area contributed by atoms with Crippen LogP contribution in [-0.2, 0) is 11.3 Å². The molecule has 2 atom stereocenters. The zero-order chi connectivity index (χ0) is 20.6. The van der Waals surface area contributed by atoms with E-state index in [1.807, 2.05) is 35.2 Å². The number of rotatable bonds is 6. The number of carbonyl (C=O) groups is 2. The number of piperidine rings is 1. The lowest BCUT2D eigenvalue weighted by Crippen LogP contribution is -2.46. The Morgan fingerprint density at radius 1 is 1.07 bits per heavy atom. The van der Waals surface area contributed by atoms with E-state index in [2.05, 4.69) is 17.6 Å². The van der Waals surface area contributed by atoms with Crippen LogP contribution in [0.4, 0.5) is 14.9 Å². The van der Waals surface area contributed by atoms with Gasteiger partial charge in [0.05, 0.1) is 0 Å². The Balaban J connectivity index is 1.48. The van der Waals surface area contributed by atoms with Gasteiger partial charge in [-0.15, -0.1) is 0 Å². The first-order chi connectivity index (χ1) is 14.0. The van der Waals surface area contributed by atoms with E-state index in [0.29, 0.717) is 32.0 Å². The Kier molecular flexibility index (Phi) is 7.22. The molecule has 2 aromatic carbocycles. The van der Waals surface area contributed by atoms with Crippen molar-refractivity contribution in [2.24, 2.45) is 11.8 Å². The number of likely N-dealkylation sites (tertiary alicyclic amines) is 1. The fraction of sp³-hybridized carbons (Fsp3) is 0.391. The van der Waals surface area contributed by atoms with E-state index in [1.165, 1.54) is 12.1 Å². The van der Waals surface area contributed by atoms with Crippen molar-refractivity contribution in [3.63, 3.8) is 0 Å². The van der Waals surface area contributed by atoms with Crippen LogP contribution in [0.5, 0.6) is 0 Å². The number of amides is 3. The minimum Gasteiger partial charge on any atom is -0.352 e. The highest BCUT2D eigenvalue weighted by Gasteiger charge is 2.31. The smallest absolute Gasteiger partial charge is 0.321 e. The highest BCUT2D eigenvalue weighted by molar-refractivity contribution is 5.89. The number of benzene rings is 2. The molecule has 0 saturated carbocycles. The Morgan fingerprint density at radius 3 is 2.48 bits per heavy atom. The Hall–Kier alpha value is -2.89. The number of anilines is 1. The summed E-state index contributed by atoms with van der Waals surface area (Å²) in [5.74, 6) is 0.268. The molecule has 1 fully saturated rings. The van der Waals surface area contributed by atoms with Crippen molar-refractivity contribution in [3.8, 4) is 0 Å². The molecule has 0 bridgehead atoms. The van der Waals surface area contributed by atoms with E-state index < -0.39 is 0 Å². The fourth-order valence-electron chi connectivity index (χ4n) is 3.83. The van der Waals surface area contributed by atoms with Gasteiger partial charge < -0.3 is 15.5 Å². The summed E-state index contributed by atoms with van der Waals surface area (Å²) in [6, 6.07) is 15.5. The first-order valence-electron chi connectivity index (χ1n) is 10.2. The van der Waals surface area contributed by atoms with Gasteiger partial charge in [0.2, 0.25) is 5.91 Å². The maximum atomic E-state index is 13.0. The number of carbonyl (C=O) groups excluding carboxylic acids is 2. The SMILES string of the molecule is CC[C@@H]1CN(C(=O)Nc2ccccc2)CC[C@H]1CC(=O)NCc1ccc(F)cc1. The van der Waals surface area contributed by atoms with Crippen LogP contribution in [0.3, 0.4) is 0 Å². The third-order valence-corrected chi connectivity index (χ3v) is 5.58. The molecule has 6 heteroatoms. The van der Waals surface area contributed by atoms with Gasteiger partial charge in [-0.25, -0.2) is 9.18 Å². The number of hydrogen-bond donors (Lipinski definition) is 2. The summed E-state index contributed by atoms with van der Waals surface area (Å²) in [6.45, 7) is 3.80. The molecule has 3 rings (SSSR count). The van der Waals surface area contributed by atoms with Crippen LogP contribution in [0.1, 0.15) is 31.7 Å². The molecule has 2 N–H and O–H groups in total. The van der Waals surface area contributed by atoms with E-state index in [-0.39, 0.29) is 23.7 Å². The number of urea groups is 1. The second kappa shape index (κ2) is 10.0. The first-order valence-corrected chi connectivity index (χ1v) is 10.2. The maximum Gasteiger partial charge on any atom is 0.321 e. The normalized spacial score (nSPS) is 18.9. The molecule has 29 heavy (non-hydrogen) atoms. The fourth-order valence-corrected chi connectivity index (χ4v) is 3.83. The summed E-state index contributed by atoms with van der Waals surface area (Å²) >= 11 is 0. The number of para-hydroxylation sites is 1. The third-order valence-electron chi connectivity index (χ3n) is 5.58. The highest BCUT2D eigenvalue weighted by Crippen LogP contribution is 2.29. The van der Waals surface area contributed by atoms with E-state index in [4.69, 9.17) is 0 Å². The van der Waals surface area contributed by atoms with Gasteiger partial charge in [-0.2, -0.15) is 0 Å². The van der Waals surface area contributed by atoms with Crippen molar-refractivity contribution >= 4 is 17.6 Å². The van der Waals surface area contributed by atoms with Crippen LogP contribution in [0.2, 0.25) is 0 Å². The van der Waals surface area contributed by atoms with Gasteiger partial charge in [0, 0.05) is 31.7 Å². The van der Waals surface area contributed by atoms with Crippen molar-refractivity contribution in [3.05, 3.63) is 66.0 Å². The van der Waals surface area contributed by atoms with Gasteiger partial charge in [-0.3, -0.25) is 4.79 Å². The van der Waals surface area contributed by atoms with Crippen molar-refractivity contribution in [2.75, 3.05) is 18.4 Å². The molecule has 1 saturated heterocycles. The lowest BCUT2D eigenvalue weighted by atomic mass is 9.81. The van der Waals surface area contributed by atoms with Gasteiger partial charge in [0.15, 0.2) is 0 Å². The summed E-state index contributed by atoms with van der Waals surface area (Å²) in [4.78, 5) is 26.8. The average Bonchev–Trinajstić information content (AvgIpc) is 2.74. The quantitative estimate of drug-likeness (QED) is 0.758. The number of nitrogens with zero attached hydrogens (tertiary/aromatic N) is 1. The molecular weight excluding hydrogens is 369 g/mol. The summed E-state index contributed by atoms with van der Waals surface area (Å²) < 4.78 is 13.0. The number of halogens is 1. The molecule has 0 spiro atoms. The molecule has 1 aliphatic heterocycles. The second-order valence-corrected chi connectivity index (χ2v) is 7.57. The molecule has 0 aromatic heterocycles. The predicted octanol–water partition coefficient (Wildman–Crippen LogP) is 4.41. The topological polar surface area (TPSA) is 61.4 Å². The van der Waals surface area contributed by atoms with E-state index >= 15 is 0 Å². The molecule has 154 valence electrons. The van der Waals surface area contributed by atoms with Crippen molar-refractivity contribution < 1.29 is 14.0 Å². The molecule has 1 heterocycles. The van der Waals surface area contributed by atoms with Gasteiger partial charge in [0.1, 0.15) is 5.82 Å². The first kappa shape index (κ1) is 20.8. The van der Waals surface area contributed by atoms with Gasteiger partial charge in [-0.05, 0) is 48.1 Å². The number of hydrogen-bond acceptors (Lipinski definition) is 2. The molecule has 1 aliphatic rings. The minimum atomic E-state index is -0.283. The molecule has 2 aromatic rings. The average molecular weight is 397 g/mol. The molecule has 5 nitrogen and oxygen atoms in total. The lowest BCUT2D eigenvalue weighted by Gasteiger charge is -2.38.